The van der Waals surface area contributed by atoms with Crippen LogP contribution in [0.4, 0.5) is 0 Å². The molecule has 0 aliphatic rings. The van der Waals surface area contributed by atoms with Gasteiger partial charge in [-0.05, 0) is 56.7 Å². The number of rotatable bonds is 7. The van der Waals surface area contributed by atoms with Gasteiger partial charge in [-0.3, -0.25) is 4.68 Å². The first-order valence-electron chi connectivity index (χ1n) is 8.53. The van der Waals surface area contributed by atoms with Gasteiger partial charge in [0.2, 0.25) is 0 Å². The lowest BCUT2D eigenvalue weighted by atomic mass is 10.0. The van der Waals surface area contributed by atoms with E-state index in [1.807, 2.05) is 42.1 Å². The zero-order chi connectivity index (χ0) is 17.8. The lowest BCUT2D eigenvalue weighted by Crippen LogP contribution is -2.22. The van der Waals surface area contributed by atoms with E-state index in [9.17, 15) is 0 Å². The highest BCUT2D eigenvalue weighted by Crippen LogP contribution is 2.26. The third-order valence-corrected chi connectivity index (χ3v) is 4.38. The van der Waals surface area contributed by atoms with Crippen molar-refractivity contribution in [2.24, 2.45) is 0 Å². The first-order valence-corrected chi connectivity index (χ1v) is 8.53. The van der Waals surface area contributed by atoms with Crippen LogP contribution in [0.15, 0.2) is 53.2 Å². The number of ether oxygens (including phenoxy) is 1. The van der Waals surface area contributed by atoms with E-state index in [0.717, 1.165) is 22.8 Å². The molecular formula is C20H25N3O2. The first kappa shape index (κ1) is 17.3. The number of nitrogens with zero attached hydrogens (tertiary/aromatic N) is 2. The molecule has 0 spiro atoms. The van der Waals surface area contributed by atoms with Gasteiger partial charge in [0.15, 0.2) is 0 Å². The summed E-state index contributed by atoms with van der Waals surface area (Å²) in [5.74, 6) is 2.76. The molecule has 3 aromatic rings. The SMILES string of the molecule is COc1ccc([C@H](C)N[C@H](C)c2ccc(C)o2)cc1Cn1cccn1. The summed E-state index contributed by atoms with van der Waals surface area (Å²) < 4.78 is 13.1. The number of hydrogen-bond donors (Lipinski definition) is 1. The van der Waals surface area contributed by atoms with Gasteiger partial charge in [-0.15, -0.1) is 0 Å². The molecule has 0 radical (unpaired) electrons. The Morgan fingerprint density at radius 2 is 2.04 bits per heavy atom. The van der Waals surface area contributed by atoms with E-state index in [1.54, 1.807) is 13.3 Å². The monoisotopic (exact) mass is 339 g/mol. The van der Waals surface area contributed by atoms with Crippen molar-refractivity contribution >= 4 is 0 Å². The summed E-state index contributed by atoms with van der Waals surface area (Å²) in [4.78, 5) is 0. The number of furan rings is 1. The van der Waals surface area contributed by atoms with Crippen molar-refractivity contribution in [1.29, 1.82) is 0 Å². The fraction of sp³-hybridized carbons (Fsp3) is 0.350. The maximum Gasteiger partial charge on any atom is 0.123 e. The number of aryl methyl sites for hydroxylation is 1. The summed E-state index contributed by atoms with van der Waals surface area (Å²) in [6.07, 6.45) is 3.74. The highest BCUT2D eigenvalue weighted by atomic mass is 16.5. The lowest BCUT2D eigenvalue weighted by molar-refractivity contribution is 0.391. The second-order valence-electron chi connectivity index (χ2n) is 6.33. The second kappa shape index (κ2) is 7.57. The van der Waals surface area contributed by atoms with Crippen molar-refractivity contribution in [3.8, 4) is 5.75 Å². The van der Waals surface area contributed by atoms with Gasteiger partial charge in [0.05, 0.1) is 19.7 Å². The molecule has 0 saturated heterocycles. The average Bonchev–Trinajstić information content (AvgIpc) is 3.26. The summed E-state index contributed by atoms with van der Waals surface area (Å²) in [5.41, 5.74) is 2.32. The highest BCUT2D eigenvalue weighted by molar-refractivity contribution is 5.38. The number of benzene rings is 1. The zero-order valence-electron chi connectivity index (χ0n) is 15.2. The molecule has 0 fully saturated rings. The molecule has 132 valence electrons. The van der Waals surface area contributed by atoms with Gasteiger partial charge < -0.3 is 14.5 Å². The van der Waals surface area contributed by atoms with Gasteiger partial charge in [0.25, 0.3) is 0 Å². The third kappa shape index (κ3) is 4.12. The van der Waals surface area contributed by atoms with Crippen molar-refractivity contribution in [2.75, 3.05) is 7.11 Å². The normalized spacial score (nSPS) is 13.6. The molecule has 0 aliphatic heterocycles. The van der Waals surface area contributed by atoms with E-state index in [0.29, 0.717) is 6.54 Å². The summed E-state index contributed by atoms with van der Waals surface area (Å²) >= 11 is 0. The minimum atomic E-state index is 0.139. The van der Waals surface area contributed by atoms with Crippen LogP contribution >= 0.6 is 0 Å². The number of nitrogens with one attached hydrogen (secondary N) is 1. The molecule has 2 aromatic heterocycles. The predicted octanol–water partition coefficient (Wildman–Crippen LogP) is 4.25. The van der Waals surface area contributed by atoms with Crippen LogP contribution in [-0.2, 0) is 6.54 Å². The summed E-state index contributed by atoms with van der Waals surface area (Å²) in [6, 6.07) is 12.6. The summed E-state index contributed by atoms with van der Waals surface area (Å²) in [7, 11) is 1.70. The standard InChI is InChI=1S/C20H25N3O2/c1-14-6-8-19(25-14)16(3)22-15(2)17-7-9-20(24-4)18(12-17)13-23-11-5-10-21-23/h5-12,15-16,22H,13H2,1-4H3/t15-,16+/m0/s1. The van der Waals surface area contributed by atoms with Crippen LogP contribution in [-0.4, -0.2) is 16.9 Å². The van der Waals surface area contributed by atoms with Crippen molar-refractivity contribution in [1.82, 2.24) is 15.1 Å². The number of aromatic nitrogens is 2. The van der Waals surface area contributed by atoms with E-state index in [2.05, 4.69) is 36.4 Å². The van der Waals surface area contributed by atoms with Crippen LogP contribution < -0.4 is 10.1 Å². The Labute approximate surface area is 148 Å². The minimum Gasteiger partial charge on any atom is -0.496 e. The zero-order valence-corrected chi connectivity index (χ0v) is 15.2. The molecule has 0 aliphatic carbocycles. The third-order valence-electron chi connectivity index (χ3n) is 4.38. The fourth-order valence-electron chi connectivity index (χ4n) is 3.00. The molecule has 5 heteroatoms. The van der Waals surface area contributed by atoms with Crippen LogP contribution in [0.1, 0.15) is 48.6 Å². The summed E-state index contributed by atoms with van der Waals surface area (Å²) in [6.45, 7) is 6.92. The Kier molecular flexibility index (Phi) is 5.24. The summed E-state index contributed by atoms with van der Waals surface area (Å²) in [5, 5.41) is 7.88. The van der Waals surface area contributed by atoms with Gasteiger partial charge >= 0.3 is 0 Å². The van der Waals surface area contributed by atoms with Crippen LogP contribution in [0, 0.1) is 6.92 Å². The molecule has 2 heterocycles. The molecule has 0 unspecified atom stereocenters. The maximum absolute atomic E-state index is 5.72. The largest absolute Gasteiger partial charge is 0.496 e. The molecule has 1 N–H and O–H groups in total. The fourth-order valence-corrected chi connectivity index (χ4v) is 3.00. The number of methoxy groups -OCH3 is 1. The van der Waals surface area contributed by atoms with E-state index in [-0.39, 0.29) is 12.1 Å². The maximum atomic E-state index is 5.72. The van der Waals surface area contributed by atoms with Gasteiger partial charge in [0, 0.05) is 24.0 Å². The van der Waals surface area contributed by atoms with Crippen molar-refractivity contribution < 1.29 is 9.15 Å². The smallest absolute Gasteiger partial charge is 0.123 e. The predicted molar refractivity (Wildman–Crippen MR) is 97.7 cm³/mol. The van der Waals surface area contributed by atoms with Crippen LogP contribution in [0.2, 0.25) is 0 Å². The molecule has 25 heavy (non-hydrogen) atoms. The van der Waals surface area contributed by atoms with Crippen molar-refractivity contribution in [3.05, 3.63) is 71.4 Å². The molecule has 0 amide bonds. The van der Waals surface area contributed by atoms with Crippen LogP contribution in [0.5, 0.6) is 5.75 Å². The van der Waals surface area contributed by atoms with Crippen molar-refractivity contribution in [2.45, 2.75) is 39.4 Å². The topological polar surface area (TPSA) is 52.2 Å². The molecule has 3 rings (SSSR count). The van der Waals surface area contributed by atoms with E-state index in [1.165, 1.54) is 5.56 Å². The average molecular weight is 339 g/mol. The Morgan fingerprint density at radius 1 is 1.20 bits per heavy atom. The molecule has 0 saturated carbocycles. The van der Waals surface area contributed by atoms with Gasteiger partial charge in [0.1, 0.15) is 17.3 Å². The van der Waals surface area contributed by atoms with Crippen LogP contribution in [0.25, 0.3) is 0 Å². The molecular weight excluding hydrogens is 314 g/mol. The Balaban J connectivity index is 1.76. The van der Waals surface area contributed by atoms with Gasteiger partial charge in [-0.1, -0.05) is 6.07 Å². The second-order valence-corrected chi connectivity index (χ2v) is 6.33. The minimum absolute atomic E-state index is 0.139. The van der Waals surface area contributed by atoms with Crippen LogP contribution in [0.3, 0.4) is 0 Å². The Morgan fingerprint density at radius 3 is 2.68 bits per heavy atom. The first-order chi connectivity index (χ1) is 12.1. The van der Waals surface area contributed by atoms with Gasteiger partial charge in [-0.2, -0.15) is 5.10 Å². The van der Waals surface area contributed by atoms with Gasteiger partial charge in [-0.25, -0.2) is 0 Å². The quantitative estimate of drug-likeness (QED) is 0.699. The highest BCUT2D eigenvalue weighted by Gasteiger charge is 2.15. The molecule has 2 atom stereocenters. The Bertz CT molecular complexity index is 808. The Hall–Kier alpha value is -2.53. The van der Waals surface area contributed by atoms with E-state index < -0.39 is 0 Å². The molecule has 1 aromatic carbocycles. The van der Waals surface area contributed by atoms with E-state index in [4.69, 9.17) is 9.15 Å². The lowest BCUT2D eigenvalue weighted by Gasteiger charge is -2.20. The molecule has 5 nitrogen and oxygen atoms in total. The number of hydrogen-bond acceptors (Lipinski definition) is 4. The van der Waals surface area contributed by atoms with Crippen molar-refractivity contribution in [3.63, 3.8) is 0 Å². The molecule has 0 bridgehead atoms. The van der Waals surface area contributed by atoms with E-state index >= 15 is 0 Å².